The van der Waals surface area contributed by atoms with Gasteiger partial charge < -0.3 is 10.4 Å². The lowest BCUT2D eigenvalue weighted by molar-refractivity contribution is -0.125. The summed E-state index contributed by atoms with van der Waals surface area (Å²) >= 11 is 0. The van der Waals surface area contributed by atoms with E-state index in [-0.39, 0.29) is 13.1 Å². The van der Waals surface area contributed by atoms with E-state index in [0.717, 1.165) is 0 Å². The average Bonchev–Trinajstić information content (AvgIpc) is 2.69. The maximum absolute atomic E-state index is 12.5. The van der Waals surface area contributed by atoms with Gasteiger partial charge in [0.05, 0.1) is 19.2 Å². The lowest BCUT2D eigenvalue weighted by atomic mass is 10.3. The molecule has 1 atom stereocenters. The molecule has 1 unspecified atom stereocenters. The van der Waals surface area contributed by atoms with E-state index in [9.17, 15) is 22.7 Å². The van der Waals surface area contributed by atoms with Crippen molar-refractivity contribution in [1.82, 2.24) is 15.1 Å². The van der Waals surface area contributed by atoms with Gasteiger partial charge in [-0.1, -0.05) is 0 Å². The Kier molecular flexibility index (Phi) is 4.88. The third kappa shape index (κ3) is 4.70. The molecular formula is C9H13F4N3O. The second kappa shape index (κ2) is 5.97. The average molecular weight is 255 g/mol. The summed E-state index contributed by atoms with van der Waals surface area (Å²) in [5.74, 6) is -4.08. The van der Waals surface area contributed by atoms with Gasteiger partial charge in [-0.25, -0.2) is 8.78 Å². The van der Waals surface area contributed by atoms with Crippen LogP contribution in [0.5, 0.6) is 0 Å². The number of alkyl halides is 4. The van der Waals surface area contributed by atoms with Gasteiger partial charge in [0, 0.05) is 18.9 Å². The van der Waals surface area contributed by atoms with Crippen LogP contribution in [0.15, 0.2) is 18.5 Å². The maximum Gasteiger partial charge on any atom is 0.319 e. The van der Waals surface area contributed by atoms with Crippen LogP contribution < -0.4 is 5.32 Å². The smallest absolute Gasteiger partial charge is 0.319 e. The van der Waals surface area contributed by atoms with E-state index in [1.165, 1.54) is 10.9 Å². The lowest BCUT2D eigenvalue weighted by Crippen LogP contribution is -2.42. The van der Waals surface area contributed by atoms with Crippen LogP contribution in [0.4, 0.5) is 17.6 Å². The molecule has 1 rings (SSSR count). The van der Waals surface area contributed by atoms with E-state index in [2.05, 4.69) is 10.4 Å². The zero-order valence-electron chi connectivity index (χ0n) is 8.86. The standard InChI is InChI=1S/C9H13F4N3O/c10-8(11)9(12,13)6-14-4-7(17)5-16-3-1-2-15-16/h1-3,7-8,14,17H,4-6H2. The van der Waals surface area contributed by atoms with E-state index < -0.39 is 25.0 Å². The zero-order chi connectivity index (χ0) is 12.9. The van der Waals surface area contributed by atoms with Crippen LogP contribution in [-0.2, 0) is 6.54 Å². The number of hydrogen-bond acceptors (Lipinski definition) is 3. The van der Waals surface area contributed by atoms with E-state index in [1.54, 1.807) is 12.3 Å². The molecule has 0 radical (unpaired) electrons. The van der Waals surface area contributed by atoms with E-state index in [4.69, 9.17) is 0 Å². The second-order valence-electron chi connectivity index (χ2n) is 3.57. The third-order valence-corrected chi connectivity index (χ3v) is 2.02. The van der Waals surface area contributed by atoms with Crippen LogP contribution in [0.1, 0.15) is 0 Å². The summed E-state index contributed by atoms with van der Waals surface area (Å²) in [5, 5.41) is 15.3. The predicted octanol–water partition coefficient (Wildman–Crippen LogP) is 0.734. The molecule has 0 aliphatic rings. The van der Waals surface area contributed by atoms with Crippen molar-refractivity contribution in [2.24, 2.45) is 0 Å². The molecule has 0 spiro atoms. The second-order valence-corrected chi connectivity index (χ2v) is 3.57. The first-order chi connectivity index (χ1) is 7.92. The van der Waals surface area contributed by atoms with Gasteiger partial charge in [0.2, 0.25) is 0 Å². The van der Waals surface area contributed by atoms with Crippen LogP contribution in [0.25, 0.3) is 0 Å². The number of aliphatic hydroxyl groups excluding tert-OH is 1. The molecule has 0 fully saturated rings. The predicted molar refractivity (Wildman–Crippen MR) is 52.1 cm³/mol. The summed E-state index contributed by atoms with van der Waals surface area (Å²) in [4.78, 5) is 0. The lowest BCUT2D eigenvalue weighted by Gasteiger charge is -2.17. The molecule has 0 saturated carbocycles. The van der Waals surface area contributed by atoms with Crippen molar-refractivity contribution in [2.75, 3.05) is 13.1 Å². The Balaban J connectivity index is 2.22. The first-order valence-electron chi connectivity index (χ1n) is 4.94. The van der Waals surface area contributed by atoms with Gasteiger partial charge in [-0.2, -0.15) is 13.9 Å². The van der Waals surface area contributed by atoms with Crippen molar-refractivity contribution in [2.45, 2.75) is 25.0 Å². The van der Waals surface area contributed by atoms with E-state index in [1.807, 2.05) is 0 Å². The highest BCUT2D eigenvalue weighted by Crippen LogP contribution is 2.21. The topological polar surface area (TPSA) is 50.1 Å². The van der Waals surface area contributed by atoms with Crippen molar-refractivity contribution < 1.29 is 22.7 Å². The van der Waals surface area contributed by atoms with Gasteiger partial charge in [0.15, 0.2) is 0 Å². The Bertz CT molecular complexity index is 318. The Labute approximate surface area is 95.2 Å². The summed E-state index contributed by atoms with van der Waals surface area (Å²) in [6.07, 6.45) is -1.58. The molecule has 0 aliphatic carbocycles. The van der Waals surface area contributed by atoms with Crippen molar-refractivity contribution in [1.29, 1.82) is 0 Å². The van der Waals surface area contributed by atoms with Gasteiger partial charge in [-0.15, -0.1) is 0 Å². The summed E-state index contributed by atoms with van der Waals surface area (Å²) < 4.78 is 49.9. The van der Waals surface area contributed by atoms with Gasteiger partial charge in [-0.05, 0) is 6.07 Å². The Morgan fingerprint density at radius 3 is 2.65 bits per heavy atom. The number of hydrogen-bond donors (Lipinski definition) is 2. The van der Waals surface area contributed by atoms with Crippen molar-refractivity contribution >= 4 is 0 Å². The highest BCUT2D eigenvalue weighted by Gasteiger charge is 2.40. The Hall–Kier alpha value is -1.15. The molecular weight excluding hydrogens is 242 g/mol. The fourth-order valence-electron chi connectivity index (χ4n) is 1.17. The number of aliphatic hydroxyl groups is 1. The molecule has 2 N–H and O–H groups in total. The highest BCUT2D eigenvalue weighted by atomic mass is 19.3. The fraction of sp³-hybridized carbons (Fsp3) is 0.667. The minimum absolute atomic E-state index is 0.111. The number of nitrogens with one attached hydrogen (secondary N) is 1. The molecule has 98 valence electrons. The van der Waals surface area contributed by atoms with Gasteiger partial charge in [0.25, 0.3) is 0 Å². The van der Waals surface area contributed by atoms with E-state index in [0.29, 0.717) is 0 Å². The number of rotatable bonds is 7. The summed E-state index contributed by atoms with van der Waals surface area (Å²) in [6.45, 7) is -1.26. The quantitative estimate of drug-likeness (QED) is 0.706. The first-order valence-corrected chi connectivity index (χ1v) is 4.94. The molecule has 4 nitrogen and oxygen atoms in total. The maximum atomic E-state index is 12.5. The van der Waals surface area contributed by atoms with Crippen molar-refractivity contribution in [3.05, 3.63) is 18.5 Å². The summed E-state index contributed by atoms with van der Waals surface area (Å²) in [7, 11) is 0. The van der Waals surface area contributed by atoms with Crippen LogP contribution in [0.3, 0.4) is 0 Å². The van der Waals surface area contributed by atoms with Crippen molar-refractivity contribution in [3.63, 3.8) is 0 Å². The first kappa shape index (κ1) is 13.9. The molecule has 0 saturated heterocycles. The molecule has 0 bridgehead atoms. The number of aromatic nitrogens is 2. The molecule has 0 aliphatic heterocycles. The minimum Gasteiger partial charge on any atom is -0.390 e. The molecule has 0 amide bonds. The molecule has 8 heteroatoms. The monoisotopic (exact) mass is 255 g/mol. The SMILES string of the molecule is OC(CNCC(F)(F)C(F)F)Cn1cccn1. The van der Waals surface area contributed by atoms with Gasteiger partial charge in [0.1, 0.15) is 0 Å². The van der Waals surface area contributed by atoms with Gasteiger partial charge >= 0.3 is 12.3 Å². The molecule has 1 aromatic heterocycles. The molecule has 1 aromatic rings. The number of nitrogens with zero attached hydrogens (tertiary/aromatic N) is 2. The summed E-state index contributed by atoms with van der Waals surface area (Å²) in [5.41, 5.74) is 0. The molecule has 1 heterocycles. The van der Waals surface area contributed by atoms with Crippen LogP contribution in [0.2, 0.25) is 0 Å². The number of halogens is 4. The molecule has 17 heavy (non-hydrogen) atoms. The van der Waals surface area contributed by atoms with E-state index >= 15 is 0 Å². The largest absolute Gasteiger partial charge is 0.390 e. The highest BCUT2D eigenvalue weighted by molar-refractivity contribution is 4.79. The van der Waals surface area contributed by atoms with Crippen LogP contribution >= 0.6 is 0 Å². The summed E-state index contributed by atoms with van der Waals surface area (Å²) in [6, 6.07) is 1.64. The molecule has 0 aromatic carbocycles. The minimum atomic E-state index is -4.08. The van der Waals surface area contributed by atoms with Crippen LogP contribution in [-0.4, -0.2) is 46.4 Å². The zero-order valence-corrected chi connectivity index (χ0v) is 8.86. The Morgan fingerprint density at radius 2 is 2.12 bits per heavy atom. The van der Waals surface area contributed by atoms with Gasteiger partial charge in [-0.3, -0.25) is 4.68 Å². The fourth-order valence-corrected chi connectivity index (χ4v) is 1.17. The third-order valence-electron chi connectivity index (χ3n) is 2.02. The Morgan fingerprint density at radius 1 is 1.41 bits per heavy atom. The van der Waals surface area contributed by atoms with Crippen LogP contribution in [0, 0.1) is 0 Å². The van der Waals surface area contributed by atoms with Crippen molar-refractivity contribution in [3.8, 4) is 0 Å². The normalized spacial score (nSPS) is 14.2.